The Morgan fingerprint density at radius 2 is 2.24 bits per heavy atom. The molecule has 0 atom stereocenters. The molecule has 112 valence electrons. The molecule has 7 heteroatoms. The molecule has 2 aromatic heterocycles. The zero-order valence-electron chi connectivity index (χ0n) is 11.8. The molecule has 0 N–H and O–H groups in total. The van der Waals surface area contributed by atoms with E-state index in [1.54, 1.807) is 18.4 Å². The van der Waals surface area contributed by atoms with Crippen molar-refractivity contribution >= 4 is 5.91 Å². The third kappa shape index (κ3) is 2.97. The number of ether oxygens (including phenoxy) is 1. The molecule has 1 aliphatic heterocycles. The summed E-state index contributed by atoms with van der Waals surface area (Å²) in [6.07, 6.45) is 3.20. The number of amides is 1. The highest BCUT2D eigenvalue weighted by Gasteiger charge is 2.27. The number of hydrogen-bond donors (Lipinski definition) is 0. The first-order valence-corrected chi connectivity index (χ1v) is 6.92. The van der Waals surface area contributed by atoms with Gasteiger partial charge >= 0.3 is 0 Å². The predicted molar refractivity (Wildman–Crippen MR) is 72.4 cm³/mol. The Labute approximate surface area is 121 Å². The van der Waals surface area contributed by atoms with Crippen LogP contribution in [0.1, 0.15) is 24.7 Å². The predicted octanol–water partition coefficient (Wildman–Crippen LogP) is 1.68. The Bertz CT molecular complexity index is 585. The summed E-state index contributed by atoms with van der Waals surface area (Å²) in [5.74, 6) is 1.79. The number of nitrogens with zero attached hydrogens (tertiary/aromatic N) is 3. The molecule has 0 spiro atoms. The van der Waals surface area contributed by atoms with Gasteiger partial charge in [-0.3, -0.25) is 4.79 Å². The van der Waals surface area contributed by atoms with Crippen LogP contribution in [0.15, 0.2) is 27.2 Å². The zero-order valence-corrected chi connectivity index (χ0v) is 11.8. The third-order valence-electron chi connectivity index (χ3n) is 3.64. The number of methoxy groups -OCH3 is 1. The topological polar surface area (TPSA) is 81.6 Å². The van der Waals surface area contributed by atoms with Gasteiger partial charge < -0.3 is 18.5 Å². The Morgan fingerprint density at radius 3 is 2.90 bits per heavy atom. The van der Waals surface area contributed by atoms with Gasteiger partial charge in [-0.2, -0.15) is 0 Å². The lowest BCUT2D eigenvalue weighted by Crippen LogP contribution is -2.39. The molecule has 1 aliphatic rings. The first-order chi connectivity index (χ1) is 10.3. The van der Waals surface area contributed by atoms with E-state index in [2.05, 4.69) is 10.2 Å². The van der Waals surface area contributed by atoms with Crippen LogP contribution in [0.4, 0.5) is 0 Å². The fraction of sp³-hybridized carbons (Fsp3) is 0.500. The number of carbonyl (C=O) groups excluding carboxylic acids is 1. The summed E-state index contributed by atoms with van der Waals surface area (Å²) in [5, 5.41) is 8.10. The van der Waals surface area contributed by atoms with Gasteiger partial charge in [-0.25, -0.2) is 0 Å². The van der Waals surface area contributed by atoms with Gasteiger partial charge in [0.25, 0.3) is 5.89 Å². The lowest BCUT2D eigenvalue weighted by molar-refractivity contribution is -0.136. The molecular formula is C14H17N3O4. The quantitative estimate of drug-likeness (QED) is 0.852. The molecule has 2 aromatic rings. The molecule has 0 radical (unpaired) electrons. The van der Waals surface area contributed by atoms with Gasteiger partial charge in [0.05, 0.1) is 6.26 Å². The molecule has 3 rings (SSSR count). The molecule has 21 heavy (non-hydrogen) atoms. The van der Waals surface area contributed by atoms with Gasteiger partial charge in [-0.05, 0) is 25.0 Å². The van der Waals surface area contributed by atoms with E-state index in [1.807, 2.05) is 4.90 Å². The van der Waals surface area contributed by atoms with Crippen LogP contribution in [0.2, 0.25) is 0 Å². The molecule has 7 nitrogen and oxygen atoms in total. The summed E-state index contributed by atoms with van der Waals surface area (Å²) in [6, 6.07) is 3.56. The summed E-state index contributed by atoms with van der Waals surface area (Å²) in [7, 11) is 1.53. The van der Waals surface area contributed by atoms with Crippen molar-refractivity contribution in [3.63, 3.8) is 0 Å². The molecule has 0 aliphatic carbocycles. The third-order valence-corrected chi connectivity index (χ3v) is 3.64. The fourth-order valence-electron chi connectivity index (χ4n) is 2.49. The van der Waals surface area contributed by atoms with Crippen LogP contribution in [0.5, 0.6) is 0 Å². The Kier molecular flexibility index (Phi) is 4.01. The van der Waals surface area contributed by atoms with Crippen LogP contribution in [-0.4, -0.2) is 47.8 Å². The average molecular weight is 291 g/mol. The van der Waals surface area contributed by atoms with Crippen molar-refractivity contribution in [3.05, 3.63) is 24.3 Å². The van der Waals surface area contributed by atoms with Gasteiger partial charge in [0, 0.05) is 26.1 Å². The van der Waals surface area contributed by atoms with E-state index in [4.69, 9.17) is 13.6 Å². The van der Waals surface area contributed by atoms with Gasteiger partial charge in [0.2, 0.25) is 11.8 Å². The van der Waals surface area contributed by atoms with Crippen molar-refractivity contribution in [2.75, 3.05) is 26.8 Å². The highest BCUT2D eigenvalue weighted by Crippen LogP contribution is 2.29. The van der Waals surface area contributed by atoms with Gasteiger partial charge in [-0.15, -0.1) is 10.2 Å². The van der Waals surface area contributed by atoms with Crippen LogP contribution in [0.25, 0.3) is 11.7 Å². The number of carbonyl (C=O) groups is 1. The number of likely N-dealkylation sites (tertiary alicyclic amines) is 1. The number of furan rings is 1. The first kappa shape index (κ1) is 13.8. The van der Waals surface area contributed by atoms with Crippen LogP contribution in [-0.2, 0) is 9.53 Å². The normalized spacial score (nSPS) is 16.3. The molecule has 0 bridgehead atoms. The molecule has 3 heterocycles. The van der Waals surface area contributed by atoms with Crippen LogP contribution in [0, 0.1) is 0 Å². The summed E-state index contributed by atoms with van der Waals surface area (Å²) in [5.41, 5.74) is 0. The monoisotopic (exact) mass is 291 g/mol. The second-order valence-corrected chi connectivity index (χ2v) is 5.01. The molecule has 1 amide bonds. The maximum atomic E-state index is 11.7. The Morgan fingerprint density at radius 1 is 1.43 bits per heavy atom. The lowest BCUT2D eigenvalue weighted by Gasteiger charge is -2.30. The van der Waals surface area contributed by atoms with Crippen molar-refractivity contribution in [1.82, 2.24) is 15.1 Å². The second-order valence-electron chi connectivity index (χ2n) is 5.01. The van der Waals surface area contributed by atoms with E-state index in [0.29, 0.717) is 30.6 Å². The summed E-state index contributed by atoms with van der Waals surface area (Å²) in [4.78, 5) is 13.5. The Hall–Kier alpha value is -2.15. The van der Waals surface area contributed by atoms with Crippen LogP contribution in [0.3, 0.4) is 0 Å². The van der Waals surface area contributed by atoms with E-state index in [9.17, 15) is 4.79 Å². The van der Waals surface area contributed by atoms with Crippen LogP contribution >= 0.6 is 0 Å². The van der Waals surface area contributed by atoms with E-state index >= 15 is 0 Å². The summed E-state index contributed by atoms with van der Waals surface area (Å²) >= 11 is 0. The summed E-state index contributed by atoms with van der Waals surface area (Å²) < 4.78 is 15.8. The van der Waals surface area contributed by atoms with E-state index in [-0.39, 0.29) is 18.4 Å². The molecule has 0 aromatic carbocycles. The number of rotatable bonds is 4. The number of piperidine rings is 1. The molecule has 0 unspecified atom stereocenters. The van der Waals surface area contributed by atoms with E-state index < -0.39 is 0 Å². The van der Waals surface area contributed by atoms with Gasteiger partial charge in [0.15, 0.2) is 5.76 Å². The smallest absolute Gasteiger partial charge is 0.283 e. The zero-order chi connectivity index (χ0) is 14.7. The van der Waals surface area contributed by atoms with Crippen molar-refractivity contribution in [3.8, 4) is 11.7 Å². The van der Waals surface area contributed by atoms with Crippen molar-refractivity contribution in [1.29, 1.82) is 0 Å². The first-order valence-electron chi connectivity index (χ1n) is 6.92. The average Bonchev–Trinajstić information content (AvgIpc) is 3.19. The number of hydrogen-bond acceptors (Lipinski definition) is 6. The maximum Gasteiger partial charge on any atom is 0.283 e. The van der Waals surface area contributed by atoms with Crippen molar-refractivity contribution in [2.45, 2.75) is 18.8 Å². The largest absolute Gasteiger partial charge is 0.459 e. The fourth-order valence-corrected chi connectivity index (χ4v) is 2.49. The van der Waals surface area contributed by atoms with Crippen molar-refractivity contribution in [2.24, 2.45) is 0 Å². The molecular weight excluding hydrogens is 274 g/mol. The van der Waals surface area contributed by atoms with Gasteiger partial charge in [0.1, 0.15) is 6.61 Å². The highest BCUT2D eigenvalue weighted by atomic mass is 16.5. The van der Waals surface area contributed by atoms with E-state index in [0.717, 1.165) is 12.8 Å². The molecule has 0 saturated carbocycles. The lowest BCUT2D eigenvalue weighted by atomic mass is 9.97. The number of aromatic nitrogens is 2. The van der Waals surface area contributed by atoms with Crippen LogP contribution < -0.4 is 0 Å². The maximum absolute atomic E-state index is 11.7. The minimum Gasteiger partial charge on any atom is -0.459 e. The Balaban J connectivity index is 1.61. The standard InChI is InChI=1S/C14H17N3O4/c1-19-9-12(18)17-6-4-10(5-7-17)13-15-16-14(21-13)11-3-2-8-20-11/h2-3,8,10H,4-7,9H2,1H3. The van der Waals surface area contributed by atoms with Crippen molar-refractivity contribution < 1.29 is 18.4 Å². The molecule has 1 saturated heterocycles. The minimum atomic E-state index is 0.0257. The SMILES string of the molecule is COCC(=O)N1CCC(c2nnc(-c3ccco3)o2)CC1. The van der Waals surface area contributed by atoms with Gasteiger partial charge in [-0.1, -0.05) is 0 Å². The highest BCUT2D eigenvalue weighted by molar-refractivity contribution is 5.77. The van der Waals surface area contributed by atoms with E-state index in [1.165, 1.54) is 7.11 Å². The molecule has 1 fully saturated rings. The summed E-state index contributed by atoms with van der Waals surface area (Å²) in [6.45, 7) is 1.50. The second kappa shape index (κ2) is 6.09. The minimum absolute atomic E-state index is 0.0257.